The third kappa shape index (κ3) is 3.59. The molecule has 5 rings (SSSR count). The summed E-state index contributed by atoms with van der Waals surface area (Å²) in [4.78, 5) is 22.6. The SMILES string of the molecule is CNC(=O)c1cncc(-c2cnn3cc(-c4cnn(C)n4)c(NC4CCOC4)nc23)c1. The molecular weight excluding hydrogens is 398 g/mol. The fourth-order valence-corrected chi connectivity index (χ4v) is 3.58. The second kappa shape index (κ2) is 7.76. The van der Waals surface area contributed by atoms with Crippen LogP contribution in [0.4, 0.5) is 5.82 Å². The molecule has 2 N–H and O–H groups in total. The molecule has 1 atom stereocenters. The van der Waals surface area contributed by atoms with Crippen LogP contribution in [-0.4, -0.2) is 66.8 Å². The van der Waals surface area contributed by atoms with Crippen LogP contribution in [0.1, 0.15) is 16.8 Å². The summed E-state index contributed by atoms with van der Waals surface area (Å²) < 4.78 is 7.20. The van der Waals surface area contributed by atoms with E-state index in [-0.39, 0.29) is 11.9 Å². The first-order valence-electron chi connectivity index (χ1n) is 9.89. The first-order chi connectivity index (χ1) is 15.1. The number of hydrogen-bond donors (Lipinski definition) is 2. The Labute approximate surface area is 177 Å². The molecule has 4 aromatic heterocycles. The molecule has 11 nitrogen and oxygen atoms in total. The highest BCUT2D eigenvalue weighted by Gasteiger charge is 2.21. The zero-order valence-corrected chi connectivity index (χ0v) is 17.1. The van der Waals surface area contributed by atoms with E-state index in [1.807, 2.05) is 6.20 Å². The lowest BCUT2D eigenvalue weighted by Crippen LogP contribution is -2.20. The summed E-state index contributed by atoms with van der Waals surface area (Å²) in [5.41, 5.74) is 4.13. The summed E-state index contributed by atoms with van der Waals surface area (Å²) in [6.45, 7) is 1.34. The van der Waals surface area contributed by atoms with Crippen LogP contribution in [0.3, 0.4) is 0 Å². The maximum absolute atomic E-state index is 12.0. The Kier molecular flexibility index (Phi) is 4.79. The van der Waals surface area contributed by atoms with Crippen molar-refractivity contribution >= 4 is 17.4 Å². The second-order valence-electron chi connectivity index (χ2n) is 7.30. The van der Waals surface area contributed by atoms with E-state index in [9.17, 15) is 4.79 Å². The zero-order valence-electron chi connectivity index (χ0n) is 17.1. The van der Waals surface area contributed by atoms with Gasteiger partial charge in [0.05, 0.1) is 36.2 Å². The molecule has 4 aromatic rings. The van der Waals surface area contributed by atoms with Crippen LogP contribution < -0.4 is 10.6 Å². The van der Waals surface area contributed by atoms with E-state index < -0.39 is 0 Å². The number of amides is 1. The normalized spacial score (nSPS) is 16.0. The molecule has 0 bridgehead atoms. The van der Waals surface area contributed by atoms with Crippen molar-refractivity contribution in [2.75, 3.05) is 25.6 Å². The van der Waals surface area contributed by atoms with Gasteiger partial charge in [0.15, 0.2) is 5.65 Å². The average Bonchev–Trinajstić information content (AvgIpc) is 3.54. The van der Waals surface area contributed by atoms with Gasteiger partial charge in [-0.2, -0.15) is 20.1 Å². The largest absolute Gasteiger partial charge is 0.379 e. The minimum atomic E-state index is -0.202. The predicted octanol–water partition coefficient (Wildman–Crippen LogP) is 1.15. The molecule has 1 unspecified atom stereocenters. The molecule has 1 fully saturated rings. The van der Waals surface area contributed by atoms with Gasteiger partial charge in [-0.05, 0) is 12.5 Å². The van der Waals surface area contributed by atoms with Crippen molar-refractivity contribution in [1.29, 1.82) is 0 Å². The number of carbonyl (C=O) groups is 1. The van der Waals surface area contributed by atoms with Crippen LogP contribution in [-0.2, 0) is 11.8 Å². The molecule has 0 aliphatic carbocycles. The van der Waals surface area contributed by atoms with Crippen molar-refractivity contribution in [3.05, 3.63) is 42.6 Å². The number of hydrogen-bond acceptors (Lipinski definition) is 8. The van der Waals surface area contributed by atoms with Crippen molar-refractivity contribution in [3.63, 3.8) is 0 Å². The third-order valence-corrected chi connectivity index (χ3v) is 5.18. The lowest BCUT2D eigenvalue weighted by molar-refractivity contribution is 0.0962. The molecule has 1 saturated heterocycles. The molecule has 158 valence electrons. The molecule has 31 heavy (non-hydrogen) atoms. The molecule has 5 heterocycles. The van der Waals surface area contributed by atoms with E-state index >= 15 is 0 Å². The topological polar surface area (TPSA) is 124 Å². The number of ether oxygens (including phenoxy) is 1. The van der Waals surface area contributed by atoms with E-state index in [4.69, 9.17) is 9.72 Å². The number of pyridine rings is 1. The molecule has 0 spiro atoms. The minimum absolute atomic E-state index is 0.162. The minimum Gasteiger partial charge on any atom is -0.379 e. The Morgan fingerprint density at radius 1 is 1.19 bits per heavy atom. The fraction of sp³-hybridized carbons (Fsp3) is 0.300. The molecule has 0 radical (unpaired) electrons. The van der Waals surface area contributed by atoms with Gasteiger partial charge in [-0.1, -0.05) is 0 Å². The van der Waals surface area contributed by atoms with Gasteiger partial charge in [0, 0.05) is 50.4 Å². The highest BCUT2D eigenvalue weighted by atomic mass is 16.5. The maximum atomic E-state index is 12.0. The van der Waals surface area contributed by atoms with Crippen LogP contribution in [0, 0.1) is 0 Å². The Morgan fingerprint density at radius 2 is 2.10 bits per heavy atom. The Morgan fingerprint density at radius 3 is 2.84 bits per heavy atom. The highest BCUT2D eigenvalue weighted by Crippen LogP contribution is 2.30. The Balaban J connectivity index is 1.63. The standard InChI is InChI=1S/C20H21N9O2/c1-21-20(30)13-5-12(6-22-7-13)15-8-24-29-10-16(17-9-23-28(2)27-17)18(26-19(15)29)25-14-3-4-31-11-14/h5-10,14H,3-4,11H2,1-2H3,(H,21,30)(H,25,26). The van der Waals surface area contributed by atoms with Crippen LogP contribution in [0.15, 0.2) is 37.1 Å². The van der Waals surface area contributed by atoms with E-state index in [1.54, 1.807) is 43.3 Å². The highest BCUT2D eigenvalue weighted by molar-refractivity contribution is 5.95. The van der Waals surface area contributed by atoms with Gasteiger partial charge in [0.2, 0.25) is 0 Å². The van der Waals surface area contributed by atoms with Gasteiger partial charge >= 0.3 is 0 Å². The number of rotatable bonds is 5. The number of carbonyl (C=O) groups excluding carboxylic acids is 1. The van der Waals surface area contributed by atoms with Gasteiger partial charge in [-0.15, -0.1) is 0 Å². The number of aryl methyl sites for hydroxylation is 1. The number of fused-ring (bicyclic) bond motifs is 1. The van der Waals surface area contributed by atoms with Gasteiger partial charge < -0.3 is 15.4 Å². The third-order valence-electron chi connectivity index (χ3n) is 5.18. The molecule has 1 aliphatic rings. The summed E-state index contributed by atoms with van der Waals surface area (Å²) in [6, 6.07) is 1.94. The summed E-state index contributed by atoms with van der Waals surface area (Å²) in [6.07, 6.45) is 9.41. The smallest absolute Gasteiger partial charge is 0.252 e. The molecule has 1 aliphatic heterocycles. The predicted molar refractivity (Wildman–Crippen MR) is 112 cm³/mol. The lowest BCUT2D eigenvalue weighted by Gasteiger charge is -2.15. The molecule has 11 heteroatoms. The Hall–Kier alpha value is -3.86. The van der Waals surface area contributed by atoms with Gasteiger partial charge in [0.1, 0.15) is 11.5 Å². The molecule has 0 aromatic carbocycles. The number of anilines is 1. The maximum Gasteiger partial charge on any atom is 0.252 e. The zero-order chi connectivity index (χ0) is 21.4. The van der Waals surface area contributed by atoms with E-state index in [0.29, 0.717) is 29.3 Å². The van der Waals surface area contributed by atoms with Gasteiger partial charge in [-0.25, -0.2) is 9.50 Å². The monoisotopic (exact) mass is 419 g/mol. The summed E-state index contributed by atoms with van der Waals surface area (Å²) in [5, 5.41) is 19.2. The van der Waals surface area contributed by atoms with Gasteiger partial charge in [0.25, 0.3) is 5.91 Å². The quantitative estimate of drug-likeness (QED) is 0.494. The molecule has 0 saturated carbocycles. The van der Waals surface area contributed by atoms with Crippen LogP contribution in [0.5, 0.6) is 0 Å². The van der Waals surface area contributed by atoms with Crippen molar-refractivity contribution in [2.24, 2.45) is 7.05 Å². The first kappa shape index (κ1) is 19.1. The number of aromatic nitrogens is 7. The summed E-state index contributed by atoms with van der Waals surface area (Å²) >= 11 is 0. The number of nitrogens with one attached hydrogen (secondary N) is 2. The van der Waals surface area contributed by atoms with Crippen LogP contribution in [0.2, 0.25) is 0 Å². The molecular formula is C20H21N9O2. The van der Waals surface area contributed by atoms with Crippen molar-refractivity contribution < 1.29 is 9.53 Å². The van der Waals surface area contributed by atoms with Crippen molar-refractivity contribution in [3.8, 4) is 22.4 Å². The Bertz CT molecular complexity index is 1260. The lowest BCUT2D eigenvalue weighted by atomic mass is 10.1. The van der Waals surface area contributed by atoms with E-state index in [2.05, 4.69) is 30.9 Å². The first-order valence-corrected chi connectivity index (χ1v) is 9.89. The van der Waals surface area contributed by atoms with E-state index in [0.717, 1.165) is 29.7 Å². The van der Waals surface area contributed by atoms with Crippen molar-refractivity contribution in [2.45, 2.75) is 12.5 Å². The van der Waals surface area contributed by atoms with Crippen molar-refractivity contribution in [1.82, 2.24) is 39.9 Å². The fourth-order valence-electron chi connectivity index (χ4n) is 3.58. The molecule has 1 amide bonds. The van der Waals surface area contributed by atoms with Crippen LogP contribution >= 0.6 is 0 Å². The number of nitrogens with zero attached hydrogens (tertiary/aromatic N) is 7. The van der Waals surface area contributed by atoms with E-state index in [1.165, 1.54) is 11.0 Å². The summed E-state index contributed by atoms with van der Waals surface area (Å²) in [5.74, 6) is 0.480. The average molecular weight is 419 g/mol. The van der Waals surface area contributed by atoms with Crippen LogP contribution in [0.25, 0.3) is 28.0 Å². The van der Waals surface area contributed by atoms with Gasteiger partial charge in [-0.3, -0.25) is 9.78 Å². The second-order valence-corrected chi connectivity index (χ2v) is 7.30. The summed E-state index contributed by atoms with van der Waals surface area (Å²) in [7, 11) is 3.36.